The van der Waals surface area contributed by atoms with Gasteiger partial charge in [-0.3, -0.25) is 14.4 Å². The van der Waals surface area contributed by atoms with Crippen molar-refractivity contribution in [2.75, 3.05) is 25.1 Å². The first-order chi connectivity index (χ1) is 18.6. The van der Waals surface area contributed by atoms with E-state index in [9.17, 15) is 18.4 Å². The molecule has 1 N–H and O–H groups in total. The molecule has 0 unspecified atom stereocenters. The van der Waals surface area contributed by atoms with Crippen LogP contribution in [0, 0.1) is 28.9 Å². The summed E-state index contributed by atoms with van der Waals surface area (Å²) in [6, 6.07) is 8.56. The molecule has 2 amide bonds. The number of rotatable bonds is 11. The number of aromatic nitrogens is 2. The van der Waals surface area contributed by atoms with E-state index in [-0.39, 0.29) is 27.7 Å². The minimum absolute atomic E-state index is 0.0819. The summed E-state index contributed by atoms with van der Waals surface area (Å²) in [4.78, 5) is 35.4. The lowest BCUT2D eigenvalue weighted by Gasteiger charge is -2.21. The zero-order chi connectivity index (χ0) is 28.7. The van der Waals surface area contributed by atoms with Crippen molar-refractivity contribution in [3.05, 3.63) is 64.6 Å². The zero-order valence-electron chi connectivity index (χ0n) is 21.9. The Kier molecular flexibility index (Phi) is 9.98. The van der Waals surface area contributed by atoms with E-state index in [1.165, 1.54) is 53.2 Å². The quantitative estimate of drug-likeness (QED) is 0.306. The molecule has 0 spiro atoms. The fourth-order valence-corrected chi connectivity index (χ4v) is 3.86. The Morgan fingerprint density at radius 2 is 1.97 bits per heavy atom. The number of benzene rings is 2. The molecule has 0 bridgehead atoms. The second-order valence-electron chi connectivity index (χ2n) is 8.88. The van der Waals surface area contributed by atoms with Crippen molar-refractivity contribution in [3.8, 4) is 23.1 Å². The van der Waals surface area contributed by atoms with Gasteiger partial charge in [0.05, 0.1) is 29.1 Å². The normalized spacial score (nSPS) is 10.8. The number of imidazole rings is 1. The number of carbonyl (C=O) groups excluding carboxylic acids is 2. The van der Waals surface area contributed by atoms with Crippen LogP contribution < -0.4 is 10.1 Å². The van der Waals surface area contributed by atoms with Crippen molar-refractivity contribution < 1.29 is 27.9 Å². The monoisotopic (exact) mass is 559 g/mol. The lowest BCUT2D eigenvalue weighted by atomic mass is 10.1. The molecule has 12 heteroatoms. The van der Waals surface area contributed by atoms with Crippen LogP contribution in [0.15, 0.2) is 36.5 Å². The van der Waals surface area contributed by atoms with E-state index in [0.717, 1.165) is 6.42 Å². The Hall–Kier alpha value is -4.01. The Morgan fingerprint density at radius 1 is 1.23 bits per heavy atom. The van der Waals surface area contributed by atoms with Gasteiger partial charge in [0.2, 0.25) is 5.82 Å². The molecule has 3 aromatic rings. The van der Waals surface area contributed by atoms with E-state index in [0.29, 0.717) is 24.8 Å². The molecular formula is C27H28ClF2N5O4. The van der Waals surface area contributed by atoms with Gasteiger partial charge in [-0.1, -0.05) is 25.4 Å². The molecule has 0 radical (unpaired) electrons. The number of hydroxylamine groups is 2. The zero-order valence-corrected chi connectivity index (χ0v) is 22.7. The molecule has 1 heterocycles. The van der Waals surface area contributed by atoms with Gasteiger partial charge in [0.1, 0.15) is 6.07 Å². The minimum atomic E-state index is -1.26. The highest BCUT2D eigenvalue weighted by Gasteiger charge is 2.23. The van der Waals surface area contributed by atoms with Crippen LogP contribution in [0.1, 0.15) is 48.2 Å². The first kappa shape index (κ1) is 29.5. The highest BCUT2D eigenvalue weighted by atomic mass is 35.5. The van der Waals surface area contributed by atoms with Gasteiger partial charge in [-0.05, 0) is 49.6 Å². The summed E-state index contributed by atoms with van der Waals surface area (Å²) >= 11 is 6.35. The largest absolute Gasteiger partial charge is 0.476 e. The third-order valence-electron chi connectivity index (χ3n) is 5.72. The summed E-state index contributed by atoms with van der Waals surface area (Å²) in [6.07, 6.45) is 2.02. The van der Waals surface area contributed by atoms with Crippen LogP contribution in [0.5, 0.6) is 5.75 Å². The Balaban J connectivity index is 1.76. The van der Waals surface area contributed by atoms with Gasteiger partial charge in [0.15, 0.2) is 24.0 Å². The summed E-state index contributed by atoms with van der Waals surface area (Å²) in [5, 5.41) is 12.6. The number of anilines is 1. The van der Waals surface area contributed by atoms with Gasteiger partial charge in [-0.15, -0.1) is 0 Å². The number of nitriles is 1. The van der Waals surface area contributed by atoms with Crippen molar-refractivity contribution in [3.63, 3.8) is 0 Å². The number of ether oxygens (including phenoxy) is 1. The van der Waals surface area contributed by atoms with Gasteiger partial charge in [0, 0.05) is 24.8 Å². The van der Waals surface area contributed by atoms with Crippen molar-refractivity contribution in [2.45, 2.75) is 27.2 Å². The van der Waals surface area contributed by atoms with Gasteiger partial charge in [0.25, 0.3) is 11.8 Å². The van der Waals surface area contributed by atoms with Crippen LogP contribution in [0.25, 0.3) is 11.3 Å². The maximum absolute atomic E-state index is 14.7. The second-order valence-corrected chi connectivity index (χ2v) is 9.28. The van der Waals surface area contributed by atoms with E-state index < -0.39 is 35.8 Å². The number of carbonyl (C=O) groups is 2. The van der Waals surface area contributed by atoms with Crippen molar-refractivity contribution in [2.24, 2.45) is 13.0 Å². The number of hydrogen-bond donors (Lipinski definition) is 1. The molecule has 0 aliphatic rings. The molecule has 9 nitrogen and oxygen atoms in total. The molecule has 3 rings (SSSR count). The number of halogens is 3. The summed E-state index contributed by atoms with van der Waals surface area (Å²) in [5.74, 6) is -3.57. The molecule has 0 saturated carbocycles. The highest BCUT2D eigenvalue weighted by Crippen LogP contribution is 2.30. The third-order valence-corrected chi connectivity index (χ3v) is 6.03. The molecule has 1 aromatic heterocycles. The minimum Gasteiger partial charge on any atom is -0.476 e. The molecule has 0 saturated heterocycles. The second kappa shape index (κ2) is 13.2. The van der Waals surface area contributed by atoms with E-state index in [2.05, 4.69) is 24.1 Å². The maximum atomic E-state index is 14.7. The number of amides is 2. The molecule has 0 fully saturated rings. The summed E-state index contributed by atoms with van der Waals surface area (Å²) in [5.41, 5.74) is 0.499. The standard InChI is InChI=1S/C27H28ClF2N5O4/c1-5-35(39-12-10-16(2)3)27(37)18-7-6-17(14-20(18)28)33-26(36)25-32-15-21(34(25)4)19-8-9-22(38-13-11-31)24(30)23(19)29/h6-9,14-16H,5,10,12-13H2,1-4H3,(H,33,36). The fourth-order valence-electron chi connectivity index (χ4n) is 3.60. The lowest BCUT2D eigenvalue weighted by Crippen LogP contribution is -2.32. The predicted molar refractivity (Wildman–Crippen MR) is 141 cm³/mol. The first-order valence-corrected chi connectivity index (χ1v) is 12.5. The maximum Gasteiger partial charge on any atom is 0.291 e. The van der Waals surface area contributed by atoms with Gasteiger partial charge in [-0.25, -0.2) is 14.4 Å². The van der Waals surface area contributed by atoms with Crippen LogP contribution in [0.3, 0.4) is 0 Å². The molecule has 0 aliphatic heterocycles. The van der Waals surface area contributed by atoms with Gasteiger partial charge >= 0.3 is 0 Å². The fraction of sp³-hybridized carbons (Fsp3) is 0.333. The molecular weight excluding hydrogens is 532 g/mol. The van der Waals surface area contributed by atoms with Crippen molar-refractivity contribution in [1.29, 1.82) is 5.26 Å². The predicted octanol–water partition coefficient (Wildman–Crippen LogP) is 5.61. The Labute approximate surface area is 229 Å². The third kappa shape index (κ3) is 6.90. The van der Waals surface area contributed by atoms with Crippen LogP contribution in [0.4, 0.5) is 14.5 Å². The van der Waals surface area contributed by atoms with Gasteiger partial charge in [-0.2, -0.15) is 9.65 Å². The van der Waals surface area contributed by atoms with E-state index in [4.69, 9.17) is 26.4 Å². The molecule has 206 valence electrons. The van der Waals surface area contributed by atoms with E-state index >= 15 is 0 Å². The van der Waals surface area contributed by atoms with Crippen molar-refractivity contribution >= 4 is 29.1 Å². The molecule has 0 atom stereocenters. The molecule has 39 heavy (non-hydrogen) atoms. The molecule has 0 aliphatic carbocycles. The number of hydrogen-bond acceptors (Lipinski definition) is 6. The van der Waals surface area contributed by atoms with Crippen LogP contribution >= 0.6 is 11.6 Å². The number of nitrogens with zero attached hydrogens (tertiary/aromatic N) is 4. The average Bonchev–Trinajstić information content (AvgIpc) is 3.28. The van der Waals surface area contributed by atoms with E-state index in [1.807, 2.05) is 0 Å². The number of nitrogens with one attached hydrogen (secondary N) is 1. The summed E-state index contributed by atoms with van der Waals surface area (Å²) in [6.45, 7) is 6.18. The average molecular weight is 560 g/mol. The van der Waals surface area contributed by atoms with Crippen molar-refractivity contribution in [1.82, 2.24) is 14.6 Å². The smallest absolute Gasteiger partial charge is 0.291 e. The Morgan fingerprint density at radius 3 is 2.62 bits per heavy atom. The van der Waals surface area contributed by atoms with E-state index in [1.54, 1.807) is 13.0 Å². The highest BCUT2D eigenvalue weighted by molar-refractivity contribution is 6.34. The van der Waals surface area contributed by atoms with Crippen LogP contribution in [-0.4, -0.2) is 46.2 Å². The SMILES string of the molecule is CCN(OCCC(C)C)C(=O)c1ccc(NC(=O)c2ncc(-c3ccc(OCC#N)c(F)c3F)n2C)cc1Cl. The topological polar surface area (TPSA) is 109 Å². The lowest BCUT2D eigenvalue weighted by molar-refractivity contribution is -0.123. The summed E-state index contributed by atoms with van der Waals surface area (Å²) in [7, 11) is 1.47. The first-order valence-electron chi connectivity index (χ1n) is 12.1. The van der Waals surface area contributed by atoms with Crippen LogP contribution in [-0.2, 0) is 11.9 Å². The van der Waals surface area contributed by atoms with Crippen LogP contribution in [0.2, 0.25) is 5.02 Å². The molecule has 2 aromatic carbocycles. The summed E-state index contributed by atoms with van der Waals surface area (Å²) < 4.78 is 35.3. The Bertz CT molecular complexity index is 1400. The van der Waals surface area contributed by atoms with Gasteiger partial charge < -0.3 is 14.6 Å².